The Hall–Kier alpha value is -2.78. The minimum atomic E-state index is -0.654. The number of halogens is 1. The van der Waals surface area contributed by atoms with E-state index < -0.39 is 18.8 Å². The van der Waals surface area contributed by atoms with Crippen LogP contribution in [0.1, 0.15) is 33.1 Å². The van der Waals surface area contributed by atoms with Gasteiger partial charge in [-0.15, -0.1) is 0 Å². The molecule has 227 valence electrons. The Bertz CT molecular complexity index is 1600. The second kappa shape index (κ2) is 17.1. The zero-order valence-corrected chi connectivity index (χ0v) is 28.9. The van der Waals surface area contributed by atoms with Crippen LogP contribution >= 0.6 is 24.8 Å². The van der Waals surface area contributed by atoms with Crippen LogP contribution in [-0.2, 0) is 12.1 Å². The van der Waals surface area contributed by atoms with E-state index in [0.717, 1.165) is 5.66 Å². The summed E-state index contributed by atoms with van der Waals surface area (Å²) in [7, 11) is 6.97. The molecule has 0 heterocycles. The molecule has 0 aliphatic rings. The normalized spacial score (nSPS) is 12.1. The third-order valence-corrected chi connectivity index (χ3v) is 18.0. The first-order valence-corrected chi connectivity index (χ1v) is 21.0. The van der Waals surface area contributed by atoms with Crippen molar-refractivity contribution in [3.05, 3.63) is 164 Å². The van der Waals surface area contributed by atoms with E-state index in [2.05, 4.69) is 178 Å². The van der Waals surface area contributed by atoms with Crippen LogP contribution in [0.25, 0.3) is 10.8 Å². The van der Waals surface area contributed by atoms with Crippen LogP contribution in [0.2, 0.25) is 0 Å². The molecule has 0 aliphatic heterocycles. The quantitative estimate of drug-likeness (QED) is 0.100. The molecule has 0 N–H and O–H groups in total. The van der Waals surface area contributed by atoms with Crippen molar-refractivity contribution in [1.29, 1.82) is 0 Å². The number of rotatable bonds is 10. The summed E-state index contributed by atoms with van der Waals surface area (Å²) in [4.78, 5) is 0. The SMILES string of the molecule is CCCCC(C)P(c1ccccc1)c1ccccc1.[Cl][Ni]([c]1cccc2ccccc12)[P](c1ccccc1)c1ccccc1. The van der Waals surface area contributed by atoms with Crippen molar-refractivity contribution in [1.82, 2.24) is 0 Å². The topological polar surface area (TPSA) is 0 Å². The van der Waals surface area contributed by atoms with Crippen molar-refractivity contribution in [3.63, 3.8) is 0 Å². The second-order valence-electron chi connectivity index (χ2n) is 10.6. The van der Waals surface area contributed by atoms with Crippen LogP contribution in [0.4, 0.5) is 0 Å². The third-order valence-electron chi connectivity index (χ3n) is 7.39. The van der Waals surface area contributed by atoms with Crippen molar-refractivity contribution < 1.29 is 12.1 Å². The molecule has 6 aromatic carbocycles. The van der Waals surface area contributed by atoms with Gasteiger partial charge in [-0.25, -0.2) is 0 Å². The molecule has 0 saturated heterocycles. The van der Waals surface area contributed by atoms with Gasteiger partial charge < -0.3 is 0 Å². The Balaban J connectivity index is 0.000000182. The molecule has 44 heavy (non-hydrogen) atoms. The first kappa shape index (κ1) is 32.6. The molecule has 0 aliphatic carbocycles. The van der Waals surface area contributed by atoms with Crippen molar-refractivity contribution >= 4 is 61.3 Å². The predicted octanol–water partition coefficient (Wildman–Crippen LogP) is 9.98. The van der Waals surface area contributed by atoms with Gasteiger partial charge in [0.05, 0.1) is 0 Å². The standard InChI is InChI=1S/C18H23P.C12H10P.C10H7.ClH.Ni/c1-3-4-11-16(2)19(17-12-7-5-8-13-17)18-14-9-6-10-15-18;1-3-7-11(8-4-1)13-12-9-5-2-6-10-12;1-2-6-10-8-4-3-7-9(10)5-1;;/h5-10,12-16H,3-4,11H2,1-2H3;1-10H;1-7H;1H;/q;-1;;;+2/p-1. The molecule has 6 aromatic rings. The van der Waals surface area contributed by atoms with Gasteiger partial charge in [-0.05, 0) is 30.6 Å². The number of hydrogen-bond acceptors (Lipinski definition) is 0. The van der Waals surface area contributed by atoms with Crippen molar-refractivity contribution in [2.75, 3.05) is 0 Å². The van der Waals surface area contributed by atoms with Crippen LogP contribution in [0.3, 0.4) is 0 Å². The fourth-order valence-electron chi connectivity index (χ4n) is 5.21. The van der Waals surface area contributed by atoms with Gasteiger partial charge in [0.1, 0.15) is 0 Å². The summed E-state index contributed by atoms with van der Waals surface area (Å²) < 4.78 is 1.25. The van der Waals surface area contributed by atoms with Crippen molar-refractivity contribution in [2.45, 2.75) is 38.8 Å². The van der Waals surface area contributed by atoms with Gasteiger partial charge in [-0.1, -0.05) is 87.4 Å². The Labute approximate surface area is 274 Å². The minimum absolute atomic E-state index is 0.224. The van der Waals surface area contributed by atoms with Gasteiger partial charge in [-0.2, -0.15) is 0 Å². The van der Waals surface area contributed by atoms with E-state index in [9.17, 15) is 0 Å². The number of fused-ring (bicyclic) bond motifs is 1. The van der Waals surface area contributed by atoms with Crippen LogP contribution in [0, 0.1) is 0 Å². The Morgan fingerprint density at radius 1 is 0.545 bits per heavy atom. The molecule has 0 fully saturated rings. The van der Waals surface area contributed by atoms with E-state index in [-0.39, 0.29) is 7.92 Å². The first-order chi connectivity index (χ1) is 21.7. The third kappa shape index (κ3) is 8.48. The molecule has 0 saturated carbocycles. The summed E-state index contributed by atoms with van der Waals surface area (Å²) in [6.45, 7) is 4.04. The van der Waals surface area contributed by atoms with E-state index in [1.165, 1.54) is 55.8 Å². The van der Waals surface area contributed by atoms with Crippen molar-refractivity contribution in [3.8, 4) is 0 Å². The van der Waals surface area contributed by atoms with Crippen molar-refractivity contribution in [2.24, 2.45) is 0 Å². The maximum absolute atomic E-state index is 7.19. The molecule has 1 unspecified atom stereocenters. The molecule has 0 bridgehead atoms. The fraction of sp³-hybridized carbons (Fsp3) is 0.150. The second-order valence-corrected chi connectivity index (χ2v) is 20.0. The van der Waals surface area contributed by atoms with Gasteiger partial charge in [0.25, 0.3) is 0 Å². The molecule has 6 rings (SSSR count). The zero-order chi connectivity index (χ0) is 30.6. The maximum atomic E-state index is 7.19. The fourth-order valence-corrected chi connectivity index (χ4v) is 15.6. The summed E-state index contributed by atoms with van der Waals surface area (Å²) in [5, 5.41) is 8.16. The van der Waals surface area contributed by atoms with E-state index in [4.69, 9.17) is 10.2 Å². The van der Waals surface area contributed by atoms with Crippen LogP contribution in [0.5, 0.6) is 0 Å². The van der Waals surface area contributed by atoms with Crippen LogP contribution in [0.15, 0.2) is 164 Å². The van der Waals surface area contributed by atoms with Gasteiger partial charge in [0.2, 0.25) is 0 Å². The Morgan fingerprint density at radius 3 is 1.48 bits per heavy atom. The van der Waals surface area contributed by atoms with Crippen LogP contribution < -0.4 is 25.8 Å². The monoisotopic (exact) mass is 675 g/mol. The van der Waals surface area contributed by atoms with E-state index in [1.54, 1.807) is 0 Å². The molecule has 1 atom stereocenters. The Kier molecular flexibility index (Phi) is 12.6. The molecular formula is C40H40ClNiP2. The molecular weight excluding hydrogens is 637 g/mol. The Morgan fingerprint density at radius 2 is 0.977 bits per heavy atom. The number of hydrogen-bond donors (Lipinski definition) is 0. The average Bonchev–Trinajstić information content (AvgIpc) is 3.09. The van der Waals surface area contributed by atoms with E-state index in [1.807, 2.05) is 0 Å². The van der Waals surface area contributed by atoms with Gasteiger partial charge in [0.15, 0.2) is 0 Å². The summed E-state index contributed by atoms with van der Waals surface area (Å²) >= 11 is -0.577. The van der Waals surface area contributed by atoms with Gasteiger partial charge >= 0.3 is 158 Å². The van der Waals surface area contributed by atoms with E-state index in [0.29, 0.717) is 0 Å². The summed E-state index contributed by atoms with van der Waals surface area (Å²) in [5.74, 6) is 0. The number of unbranched alkanes of at least 4 members (excludes halogenated alkanes) is 1. The van der Waals surface area contributed by atoms with Gasteiger partial charge in [0, 0.05) is 0 Å². The molecule has 0 aromatic heterocycles. The molecule has 0 amide bonds. The molecule has 0 nitrogen and oxygen atoms in total. The number of benzene rings is 6. The molecule has 0 spiro atoms. The first-order valence-electron chi connectivity index (χ1n) is 15.2. The predicted molar refractivity (Wildman–Crippen MR) is 197 cm³/mol. The summed E-state index contributed by atoms with van der Waals surface area (Å²) in [6, 6.07) is 58.4. The molecule has 0 radical (unpaired) electrons. The zero-order valence-electron chi connectivity index (χ0n) is 25.4. The molecule has 4 heteroatoms. The summed E-state index contributed by atoms with van der Waals surface area (Å²) in [5.41, 5.74) is 0.750. The van der Waals surface area contributed by atoms with E-state index >= 15 is 0 Å². The summed E-state index contributed by atoms with van der Waals surface area (Å²) in [6.07, 6.45) is 3.95. The van der Waals surface area contributed by atoms with Crippen LogP contribution in [-0.4, -0.2) is 5.66 Å². The average molecular weight is 677 g/mol. The van der Waals surface area contributed by atoms with Gasteiger partial charge in [-0.3, -0.25) is 0 Å².